The van der Waals surface area contributed by atoms with Crippen molar-refractivity contribution in [1.29, 1.82) is 0 Å². The van der Waals surface area contributed by atoms with E-state index >= 15 is 0 Å². The average Bonchev–Trinajstić information content (AvgIpc) is 2.97. The molecule has 4 nitrogen and oxygen atoms in total. The van der Waals surface area contributed by atoms with Gasteiger partial charge < -0.3 is 15.8 Å². The van der Waals surface area contributed by atoms with Gasteiger partial charge in [0, 0.05) is 18.0 Å². The van der Waals surface area contributed by atoms with Gasteiger partial charge in [0.1, 0.15) is 5.75 Å². The van der Waals surface area contributed by atoms with Crippen LogP contribution in [0.3, 0.4) is 0 Å². The van der Waals surface area contributed by atoms with Gasteiger partial charge in [0.05, 0.1) is 13.2 Å². The largest absolute Gasteiger partial charge is 0.493 e. The number of nitrogens with two attached hydrogens (primary N) is 1. The van der Waals surface area contributed by atoms with Gasteiger partial charge in [0.25, 0.3) is 0 Å². The highest BCUT2D eigenvalue weighted by Crippen LogP contribution is 2.33. The van der Waals surface area contributed by atoms with Gasteiger partial charge in [-0.3, -0.25) is 4.99 Å². The van der Waals surface area contributed by atoms with Crippen molar-refractivity contribution >= 4 is 29.9 Å². The molecular weight excluding hydrogens is 401 g/mol. The summed E-state index contributed by atoms with van der Waals surface area (Å²) in [5.74, 6) is 1.77. The molecule has 0 amide bonds. The summed E-state index contributed by atoms with van der Waals surface area (Å²) in [6.45, 7) is 2.12. The van der Waals surface area contributed by atoms with E-state index in [9.17, 15) is 0 Å². The van der Waals surface area contributed by atoms with Crippen LogP contribution in [-0.4, -0.2) is 25.7 Å². The molecule has 5 heteroatoms. The predicted octanol–water partition coefficient (Wildman–Crippen LogP) is 2.93. The molecule has 1 heterocycles. The minimum Gasteiger partial charge on any atom is -0.493 e. The molecule has 0 aromatic heterocycles. The zero-order valence-electron chi connectivity index (χ0n) is 12.9. The molecule has 0 bridgehead atoms. The van der Waals surface area contributed by atoms with Gasteiger partial charge in [-0.1, -0.05) is 48.5 Å². The van der Waals surface area contributed by atoms with Crippen LogP contribution in [-0.2, 0) is 6.42 Å². The van der Waals surface area contributed by atoms with E-state index in [1.165, 1.54) is 11.1 Å². The maximum Gasteiger partial charge on any atom is 0.188 e. The number of rotatable bonds is 5. The quantitative estimate of drug-likeness (QED) is 0.442. The molecule has 0 fully saturated rings. The second kappa shape index (κ2) is 8.76. The van der Waals surface area contributed by atoms with Gasteiger partial charge in [-0.25, -0.2) is 0 Å². The average molecular weight is 423 g/mol. The summed E-state index contributed by atoms with van der Waals surface area (Å²) in [5, 5.41) is 3.17. The number of hydrogen-bond acceptors (Lipinski definition) is 2. The van der Waals surface area contributed by atoms with Crippen LogP contribution < -0.4 is 15.8 Å². The Morgan fingerprint density at radius 3 is 2.70 bits per heavy atom. The van der Waals surface area contributed by atoms with E-state index < -0.39 is 0 Å². The van der Waals surface area contributed by atoms with Crippen LogP contribution >= 0.6 is 24.0 Å². The third kappa shape index (κ3) is 4.86. The topological polar surface area (TPSA) is 59.6 Å². The molecule has 3 N–H and O–H groups in total. The summed E-state index contributed by atoms with van der Waals surface area (Å²) in [4.78, 5) is 4.44. The first-order chi connectivity index (χ1) is 10.8. The van der Waals surface area contributed by atoms with Gasteiger partial charge in [0.15, 0.2) is 5.96 Å². The first-order valence-electron chi connectivity index (χ1n) is 7.62. The fourth-order valence-corrected chi connectivity index (χ4v) is 2.62. The number of aliphatic imine (C=N–C) groups is 1. The van der Waals surface area contributed by atoms with E-state index in [0.717, 1.165) is 18.7 Å². The van der Waals surface area contributed by atoms with Gasteiger partial charge >= 0.3 is 0 Å². The molecule has 0 saturated carbocycles. The van der Waals surface area contributed by atoms with Gasteiger partial charge in [-0.05, 0) is 18.1 Å². The summed E-state index contributed by atoms with van der Waals surface area (Å²) in [5.41, 5.74) is 8.45. The Morgan fingerprint density at radius 2 is 1.87 bits per heavy atom. The van der Waals surface area contributed by atoms with Crippen LogP contribution in [0.15, 0.2) is 59.6 Å². The number of benzene rings is 2. The van der Waals surface area contributed by atoms with Crippen LogP contribution in [0.4, 0.5) is 0 Å². The SMILES string of the molecule is I.NC(=NCC1COc2ccccc21)NCCc1ccccc1. The summed E-state index contributed by atoms with van der Waals surface area (Å²) in [6.07, 6.45) is 0.937. The highest BCUT2D eigenvalue weighted by Gasteiger charge is 2.22. The van der Waals surface area contributed by atoms with Crippen LogP contribution in [0.5, 0.6) is 5.75 Å². The Balaban J connectivity index is 0.00000192. The van der Waals surface area contributed by atoms with E-state index in [1.54, 1.807) is 0 Å². The van der Waals surface area contributed by atoms with Crippen molar-refractivity contribution in [2.75, 3.05) is 19.7 Å². The first kappa shape index (κ1) is 17.6. The Kier molecular flexibility index (Phi) is 6.70. The minimum absolute atomic E-state index is 0. The standard InChI is InChI=1S/C18H21N3O.HI/c19-18(20-11-10-14-6-2-1-3-7-14)21-12-15-13-22-17-9-5-4-8-16(15)17;/h1-9,15H,10-13H2,(H3,19,20,21);1H. The third-order valence-corrected chi connectivity index (χ3v) is 3.84. The molecule has 0 aliphatic carbocycles. The molecule has 1 aliphatic rings. The van der Waals surface area contributed by atoms with Crippen molar-refractivity contribution < 1.29 is 4.74 Å². The van der Waals surface area contributed by atoms with E-state index in [2.05, 4.69) is 28.5 Å². The lowest BCUT2D eigenvalue weighted by molar-refractivity contribution is 0.333. The number of guanidine groups is 1. The highest BCUT2D eigenvalue weighted by atomic mass is 127. The van der Waals surface area contributed by atoms with E-state index in [0.29, 0.717) is 25.0 Å². The fraction of sp³-hybridized carbons (Fsp3) is 0.278. The lowest BCUT2D eigenvalue weighted by Gasteiger charge is -2.08. The highest BCUT2D eigenvalue weighted by molar-refractivity contribution is 14.0. The number of halogens is 1. The number of para-hydroxylation sites is 1. The summed E-state index contributed by atoms with van der Waals surface area (Å²) >= 11 is 0. The fourth-order valence-electron chi connectivity index (χ4n) is 2.62. The minimum atomic E-state index is 0. The molecule has 23 heavy (non-hydrogen) atoms. The normalized spacial score (nSPS) is 16.2. The summed E-state index contributed by atoms with van der Waals surface area (Å²) < 4.78 is 5.65. The molecule has 2 aromatic rings. The molecule has 1 unspecified atom stereocenters. The maximum absolute atomic E-state index is 5.93. The van der Waals surface area contributed by atoms with E-state index in [-0.39, 0.29) is 24.0 Å². The second-order valence-corrected chi connectivity index (χ2v) is 5.43. The monoisotopic (exact) mass is 423 g/mol. The summed E-state index contributed by atoms with van der Waals surface area (Å²) in [7, 11) is 0. The zero-order chi connectivity index (χ0) is 15.2. The lowest BCUT2D eigenvalue weighted by Crippen LogP contribution is -2.33. The van der Waals surface area contributed by atoms with Crippen LogP contribution in [0, 0.1) is 0 Å². The molecule has 1 aliphatic heterocycles. The second-order valence-electron chi connectivity index (χ2n) is 5.43. The maximum atomic E-state index is 5.93. The molecule has 0 spiro atoms. The zero-order valence-corrected chi connectivity index (χ0v) is 15.3. The van der Waals surface area contributed by atoms with Crippen molar-refractivity contribution in [3.8, 4) is 5.75 Å². The van der Waals surface area contributed by atoms with Crippen molar-refractivity contribution in [3.05, 3.63) is 65.7 Å². The Labute approximate surface area is 154 Å². The lowest BCUT2D eigenvalue weighted by atomic mass is 10.0. The van der Waals surface area contributed by atoms with Crippen LogP contribution in [0.2, 0.25) is 0 Å². The van der Waals surface area contributed by atoms with Crippen molar-refractivity contribution in [2.24, 2.45) is 10.7 Å². The molecule has 3 rings (SSSR count). The number of ether oxygens (including phenoxy) is 1. The van der Waals surface area contributed by atoms with E-state index in [4.69, 9.17) is 10.5 Å². The van der Waals surface area contributed by atoms with Crippen LogP contribution in [0.1, 0.15) is 17.0 Å². The van der Waals surface area contributed by atoms with Gasteiger partial charge in [-0.2, -0.15) is 0 Å². The predicted molar refractivity (Wildman–Crippen MR) is 105 cm³/mol. The smallest absolute Gasteiger partial charge is 0.188 e. The summed E-state index contributed by atoms with van der Waals surface area (Å²) in [6, 6.07) is 18.5. The number of fused-ring (bicyclic) bond motifs is 1. The van der Waals surface area contributed by atoms with Crippen LogP contribution in [0.25, 0.3) is 0 Å². The molecule has 2 aromatic carbocycles. The molecule has 122 valence electrons. The van der Waals surface area contributed by atoms with E-state index in [1.807, 2.05) is 36.4 Å². The number of hydrogen-bond donors (Lipinski definition) is 2. The number of nitrogens with one attached hydrogen (secondary N) is 1. The van der Waals surface area contributed by atoms with Gasteiger partial charge in [-0.15, -0.1) is 24.0 Å². The molecular formula is C18H22IN3O. The molecule has 0 radical (unpaired) electrons. The third-order valence-electron chi connectivity index (χ3n) is 3.84. The van der Waals surface area contributed by atoms with Crippen molar-refractivity contribution in [3.63, 3.8) is 0 Å². The Morgan fingerprint density at radius 1 is 1.13 bits per heavy atom. The van der Waals surface area contributed by atoms with Crippen molar-refractivity contribution in [1.82, 2.24) is 5.32 Å². The molecule has 1 atom stereocenters. The Hall–Kier alpha value is -1.76. The van der Waals surface area contributed by atoms with Crippen molar-refractivity contribution in [2.45, 2.75) is 12.3 Å². The molecule has 0 saturated heterocycles. The Bertz CT molecular complexity index is 646. The van der Waals surface area contributed by atoms with Gasteiger partial charge in [0.2, 0.25) is 0 Å². The first-order valence-corrected chi connectivity index (χ1v) is 7.62. The number of nitrogens with zero attached hydrogens (tertiary/aromatic N) is 1.